The molecule has 0 bridgehead atoms. The molecular formula is C24H26ClN7S. The summed E-state index contributed by atoms with van der Waals surface area (Å²) in [6.07, 6.45) is 0. The number of nitrogens with one attached hydrogen (secondary N) is 2. The molecule has 9 heteroatoms. The van der Waals surface area contributed by atoms with Crippen molar-refractivity contribution >= 4 is 52.2 Å². The number of nitrogens with zero attached hydrogens (tertiary/aromatic N) is 5. The van der Waals surface area contributed by atoms with Crippen LogP contribution in [0, 0.1) is 13.8 Å². The molecule has 2 aromatic carbocycles. The number of anilines is 3. The first-order valence-corrected chi connectivity index (χ1v) is 11.5. The molecule has 1 aromatic heterocycles. The lowest BCUT2D eigenvalue weighted by molar-refractivity contribution is 0.385. The zero-order chi connectivity index (χ0) is 23.2. The van der Waals surface area contributed by atoms with Crippen LogP contribution in [0.25, 0.3) is 0 Å². The van der Waals surface area contributed by atoms with E-state index < -0.39 is 0 Å². The third-order valence-corrected chi connectivity index (χ3v) is 5.62. The largest absolute Gasteiger partial charge is 0.368 e. The van der Waals surface area contributed by atoms with Crippen molar-refractivity contribution in [3.8, 4) is 0 Å². The lowest BCUT2D eigenvalue weighted by atomic mass is 10.2. The smallest absolute Gasteiger partial charge is 0.229 e. The SMILES string of the molecule is Cc1cc(C)nc(N/C(=N/C(=S)Nc2ccccc2)N2CCN(c3cccc(Cl)c3)CC2)n1. The van der Waals surface area contributed by atoms with Gasteiger partial charge >= 0.3 is 0 Å². The molecule has 2 heterocycles. The van der Waals surface area contributed by atoms with Crippen LogP contribution in [0.3, 0.4) is 0 Å². The number of thiocarbonyl (C=S) groups is 1. The van der Waals surface area contributed by atoms with Gasteiger partial charge in [0, 0.05) is 54.0 Å². The van der Waals surface area contributed by atoms with Crippen LogP contribution in [0.15, 0.2) is 65.7 Å². The molecule has 4 rings (SSSR count). The maximum Gasteiger partial charge on any atom is 0.229 e. The molecule has 0 saturated carbocycles. The van der Waals surface area contributed by atoms with E-state index in [2.05, 4.69) is 36.5 Å². The van der Waals surface area contributed by atoms with Gasteiger partial charge < -0.3 is 15.1 Å². The van der Waals surface area contributed by atoms with Gasteiger partial charge in [0.2, 0.25) is 17.0 Å². The third-order valence-electron chi connectivity index (χ3n) is 5.19. The van der Waals surface area contributed by atoms with E-state index in [1.807, 2.05) is 68.4 Å². The number of rotatable bonds is 3. The van der Waals surface area contributed by atoms with Gasteiger partial charge in [-0.1, -0.05) is 35.9 Å². The van der Waals surface area contributed by atoms with Crippen molar-refractivity contribution in [2.75, 3.05) is 41.7 Å². The van der Waals surface area contributed by atoms with E-state index in [1.165, 1.54) is 0 Å². The van der Waals surface area contributed by atoms with Gasteiger partial charge in [-0.25, -0.2) is 9.97 Å². The normalized spacial score (nSPS) is 14.2. The summed E-state index contributed by atoms with van der Waals surface area (Å²) in [6.45, 7) is 7.07. The second kappa shape index (κ2) is 10.6. The third kappa shape index (κ3) is 6.40. The minimum atomic E-state index is 0.366. The Bertz CT molecular complexity index is 1120. The number of para-hydroxylation sites is 1. The molecule has 0 spiro atoms. The predicted molar refractivity (Wildman–Crippen MR) is 140 cm³/mol. The summed E-state index contributed by atoms with van der Waals surface area (Å²) in [7, 11) is 0. The topological polar surface area (TPSA) is 68.7 Å². The zero-order valence-corrected chi connectivity index (χ0v) is 20.2. The molecule has 1 saturated heterocycles. The number of aryl methyl sites for hydroxylation is 2. The highest BCUT2D eigenvalue weighted by atomic mass is 35.5. The molecule has 0 unspecified atom stereocenters. The Morgan fingerprint density at radius 2 is 1.61 bits per heavy atom. The molecule has 170 valence electrons. The van der Waals surface area contributed by atoms with Crippen LogP contribution >= 0.6 is 23.8 Å². The minimum Gasteiger partial charge on any atom is -0.368 e. The number of guanidine groups is 1. The van der Waals surface area contributed by atoms with E-state index in [0.717, 1.165) is 54.0 Å². The highest BCUT2D eigenvalue weighted by Crippen LogP contribution is 2.21. The van der Waals surface area contributed by atoms with Crippen molar-refractivity contribution in [1.29, 1.82) is 0 Å². The number of halogens is 1. The van der Waals surface area contributed by atoms with Crippen molar-refractivity contribution in [2.45, 2.75) is 13.8 Å². The summed E-state index contributed by atoms with van der Waals surface area (Å²) in [5.41, 5.74) is 3.78. The van der Waals surface area contributed by atoms with Crippen LogP contribution in [0.2, 0.25) is 5.02 Å². The van der Waals surface area contributed by atoms with Gasteiger partial charge in [0.15, 0.2) is 0 Å². The van der Waals surface area contributed by atoms with Crippen LogP contribution < -0.4 is 15.5 Å². The maximum absolute atomic E-state index is 6.18. The summed E-state index contributed by atoms with van der Waals surface area (Å²) >= 11 is 11.7. The van der Waals surface area contributed by atoms with E-state index in [-0.39, 0.29) is 0 Å². The first-order valence-electron chi connectivity index (χ1n) is 10.8. The quantitative estimate of drug-likeness (QED) is 0.319. The van der Waals surface area contributed by atoms with Crippen LogP contribution in [0.4, 0.5) is 17.3 Å². The molecule has 3 aromatic rings. The van der Waals surface area contributed by atoms with Crippen LogP contribution in [0.1, 0.15) is 11.4 Å². The lowest BCUT2D eigenvalue weighted by Gasteiger charge is -2.37. The molecule has 2 N–H and O–H groups in total. The fourth-order valence-electron chi connectivity index (χ4n) is 3.68. The van der Waals surface area contributed by atoms with E-state index in [9.17, 15) is 0 Å². The van der Waals surface area contributed by atoms with E-state index >= 15 is 0 Å². The monoisotopic (exact) mass is 479 g/mol. The van der Waals surface area contributed by atoms with Gasteiger partial charge in [0.25, 0.3) is 0 Å². The Kier molecular flexibility index (Phi) is 7.36. The zero-order valence-electron chi connectivity index (χ0n) is 18.6. The van der Waals surface area contributed by atoms with E-state index in [0.29, 0.717) is 17.0 Å². The van der Waals surface area contributed by atoms with E-state index in [4.69, 9.17) is 28.8 Å². The van der Waals surface area contributed by atoms with Crippen LogP contribution in [0.5, 0.6) is 0 Å². The molecular weight excluding hydrogens is 454 g/mol. The summed E-state index contributed by atoms with van der Waals surface area (Å²) in [4.78, 5) is 18.2. The average Bonchev–Trinajstić information content (AvgIpc) is 2.79. The first-order chi connectivity index (χ1) is 16.0. The van der Waals surface area contributed by atoms with Crippen molar-refractivity contribution in [3.05, 3.63) is 77.1 Å². The summed E-state index contributed by atoms with van der Waals surface area (Å²) in [5, 5.41) is 7.57. The highest BCUT2D eigenvalue weighted by molar-refractivity contribution is 7.80. The molecule has 7 nitrogen and oxygen atoms in total. The Morgan fingerprint density at radius 3 is 2.27 bits per heavy atom. The molecule has 0 atom stereocenters. The Balaban J connectivity index is 1.52. The number of hydrogen-bond acceptors (Lipinski definition) is 4. The summed E-state index contributed by atoms with van der Waals surface area (Å²) in [6, 6.07) is 19.6. The van der Waals surface area contributed by atoms with Gasteiger partial charge in [-0.2, -0.15) is 4.99 Å². The van der Waals surface area contributed by atoms with Crippen LogP contribution in [-0.4, -0.2) is 52.1 Å². The van der Waals surface area contributed by atoms with Crippen molar-refractivity contribution in [1.82, 2.24) is 14.9 Å². The number of piperazine rings is 1. The van der Waals surface area contributed by atoms with Crippen molar-refractivity contribution in [3.63, 3.8) is 0 Å². The van der Waals surface area contributed by atoms with Gasteiger partial charge in [-0.15, -0.1) is 0 Å². The summed E-state index contributed by atoms with van der Waals surface area (Å²) < 4.78 is 0. The number of aliphatic imine (C=N–C) groups is 1. The minimum absolute atomic E-state index is 0.366. The number of aromatic nitrogens is 2. The molecule has 33 heavy (non-hydrogen) atoms. The lowest BCUT2D eigenvalue weighted by Crippen LogP contribution is -2.51. The Morgan fingerprint density at radius 1 is 0.909 bits per heavy atom. The molecule has 1 aliphatic rings. The molecule has 1 aliphatic heterocycles. The van der Waals surface area contributed by atoms with E-state index in [1.54, 1.807) is 0 Å². The molecule has 0 amide bonds. The Labute approximate surface area is 204 Å². The fraction of sp³-hybridized carbons (Fsp3) is 0.250. The number of benzene rings is 2. The average molecular weight is 480 g/mol. The predicted octanol–water partition coefficient (Wildman–Crippen LogP) is 4.73. The molecule has 0 radical (unpaired) electrons. The Hall–Kier alpha value is -3.23. The molecule has 0 aliphatic carbocycles. The van der Waals surface area contributed by atoms with Crippen molar-refractivity contribution < 1.29 is 0 Å². The van der Waals surface area contributed by atoms with Gasteiger partial charge in [-0.3, -0.25) is 5.32 Å². The van der Waals surface area contributed by atoms with Crippen molar-refractivity contribution in [2.24, 2.45) is 4.99 Å². The van der Waals surface area contributed by atoms with Gasteiger partial charge in [0.1, 0.15) is 0 Å². The molecule has 1 fully saturated rings. The summed E-state index contributed by atoms with van der Waals surface area (Å²) in [5.74, 6) is 1.13. The van der Waals surface area contributed by atoms with Gasteiger partial charge in [0.05, 0.1) is 0 Å². The standard InChI is InChI=1S/C24H26ClN7S/c1-17-15-18(2)27-22(26-17)29-23(30-24(33)28-20-8-4-3-5-9-20)32-13-11-31(12-14-32)21-10-6-7-19(25)16-21/h3-10,15-16H,11-14H2,1-2H3,(H2,26,27,28,29,30,33). The number of hydrogen-bond donors (Lipinski definition) is 2. The van der Waals surface area contributed by atoms with Crippen LogP contribution in [-0.2, 0) is 0 Å². The highest BCUT2D eigenvalue weighted by Gasteiger charge is 2.22. The second-order valence-corrected chi connectivity index (χ2v) is 8.61. The fourth-order valence-corrected chi connectivity index (χ4v) is 4.07. The first kappa shape index (κ1) is 22.9. The maximum atomic E-state index is 6.18. The second-order valence-electron chi connectivity index (χ2n) is 7.78. The van der Waals surface area contributed by atoms with Gasteiger partial charge in [-0.05, 0) is 62.5 Å².